The Bertz CT molecular complexity index is 742. The zero-order valence-corrected chi connectivity index (χ0v) is 14.4. The van der Waals surface area contributed by atoms with E-state index in [1.165, 1.54) is 0 Å². The molecule has 8 nitrogen and oxygen atoms in total. The van der Waals surface area contributed by atoms with Crippen LogP contribution in [0.25, 0.3) is 0 Å². The molecule has 0 bridgehead atoms. The van der Waals surface area contributed by atoms with Gasteiger partial charge in [0.1, 0.15) is 29.8 Å². The molecule has 0 saturated carbocycles. The number of hydrogen-bond acceptors (Lipinski definition) is 5. The SMILES string of the molecule is COc1cccc(OCc2cc(C(=O)N[C@H](C(N)=O)C(C)C)n[nH]2)c1. The number of primary amides is 1. The predicted molar refractivity (Wildman–Crippen MR) is 91.2 cm³/mol. The van der Waals surface area contributed by atoms with Crippen molar-refractivity contribution in [3.8, 4) is 11.5 Å². The van der Waals surface area contributed by atoms with Gasteiger partial charge in [-0.1, -0.05) is 19.9 Å². The number of H-pyrrole nitrogens is 1. The Balaban J connectivity index is 1.97. The third-order valence-electron chi connectivity index (χ3n) is 3.56. The molecule has 8 heteroatoms. The second-order valence-electron chi connectivity index (χ2n) is 5.84. The summed E-state index contributed by atoms with van der Waals surface area (Å²) in [5.74, 6) is 0.153. The van der Waals surface area contributed by atoms with Crippen molar-refractivity contribution in [1.82, 2.24) is 15.5 Å². The van der Waals surface area contributed by atoms with Gasteiger partial charge in [-0.25, -0.2) is 0 Å². The van der Waals surface area contributed by atoms with Gasteiger partial charge in [0.15, 0.2) is 0 Å². The molecule has 0 fully saturated rings. The highest BCUT2D eigenvalue weighted by Gasteiger charge is 2.23. The minimum atomic E-state index is -0.749. The Morgan fingerprint density at radius 3 is 2.64 bits per heavy atom. The number of carbonyl (C=O) groups excluding carboxylic acids is 2. The van der Waals surface area contributed by atoms with Crippen LogP contribution >= 0.6 is 0 Å². The summed E-state index contributed by atoms with van der Waals surface area (Å²) in [7, 11) is 1.58. The van der Waals surface area contributed by atoms with Crippen molar-refractivity contribution >= 4 is 11.8 Å². The monoisotopic (exact) mass is 346 g/mol. The molecule has 0 aliphatic carbocycles. The van der Waals surface area contributed by atoms with Gasteiger partial charge in [-0.2, -0.15) is 5.10 Å². The molecule has 2 amide bonds. The van der Waals surface area contributed by atoms with E-state index in [0.29, 0.717) is 17.2 Å². The number of rotatable bonds is 8. The molecule has 0 aliphatic rings. The maximum absolute atomic E-state index is 12.2. The minimum Gasteiger partial charge on any atom is -0.497 e. The van der Waals surface area contributed by atoms with E-state index >= 15 is 0 Å². The summed E-state index contributed by atoms with van der Waals surface area (Å²) >= 11 is 0. The van der Waals surface area contributed by atoms with Gasteiger partial charge in [-0.3, -0.25) is 14.7 Å². The van der Waals surface area contributed by atoms with E-state index in [1.807, 2.05) is 12.1 Å². The zero-order chi connectivity index (χ0) is 18.4. The van der Waals surface area contributed by atoms with Gasteiger partial charge in [-0.15, -0.1) is 0 Å². The Morgan fingerprint density at radius 1 is 1.28 bits per heavy atom. The first-order valence-corrected chi connectivity index (χ1v) is 7.82. The number of aromatic amines is 1. The third-order valence-corrected chi connectivity index (χ3v) is 3.56. The highest BCUT2D eigenvalue weighted by Crippen LogP contribution is 2.19. The van der Waals surface area contributed by atoms with E-state index in [9.17, 15) is 9.59 Å². The van der Waals surface area contributed by atoms with Crippen LogP contribution in [0.2, 0.25) is 0 Å². The summed E-state index contributed by atoms with van der Waals surface area (Å²) in [6.07, 6.45) is 0. The summed E-state index contributed by atoms with van der Waals surface area (Å²) in [5.41, 5.74) is 6.07. The molecular weight excluding hydrogens is 324 g/mol. The molecule has 1 aromatic carbocycles. The van der Waals surface area contributed by atoms with Crippen LogP contribution in [0, 0.1) is 5.92 Å². The maximum atomic E-state index is 12.2. The number of ether oxygens (including phenoxy) is 2. The second kappa shape index (κ2) is 8.18. The van der Waals surface area contributed by atoms with Crippen LogP contribution in [0.3, 0.4) is 0 Å². The summed E-state index contributed by atoms with van der Waals surface area (Å²) in [6, 6.07) is 8.00. The standard InChI is InChI=1S/C17H22N4O4/c1-10(2)15(16(18)22)19-17(23)14-7-11(20-21-14)9-25-13-6-4-5-12(8-13)24-3/h4-8,10,15H,9H2,1-3H3,(H2,18,22)(H,19,23)(H,20,21)/t15-/m0/s1. The number of nitrogens with zero attached hydrogens (tertiary/aromatic N) is 1. The first-order valence-electron chi connectivity index (χ1n) is 7.82. The molecule has 2 aromatic rings. The molecule has 1 atom stereocenters. The predicted octanol–water partition coefficient (Wildman–Crippen LogP) is 1.24. The van der Waals surface area contributed by atoms with Crippen molar-refractivity contribution in [2.24, 2.45) is 11.7 Å². The van der Waals surface area contributed by atoms with Gasteiger partial charge in [0.25, 0.3) is 5.91 Å². The van der Waals surface area contributed by atoms with E-state index in [0.717, 1.165) is 0 Å². The minimum absolute atomic E-state index is 0.115. The Hall–Kier alpha value is -3.03. The fourth-order valence-corrected chi connectivity index (χ4v) is 2.19. The van der Waals surface area contributed by atoms with Crippen LogP contribution in [-0.2, 0) is 11.4 Å². The summed E-state index contributed by atoms with van der Waals surface area (Å²) < 4.78 is 10.8. The Morgan fingerprint density at radius 2 is 2.00 bits per heavy atom. The maximum Gasteiger partial charge on any atom is 0.272 e. The highest BCUT2D eigenvalue weighted by atomic mass is 16.5. The molecule has 1 aromatic heterocycles. The van der Waals surface area contributed by atoms with Gasteiger partial charge in [-0.05, 0) is 24.1 Å². The van der Waals surface area contributed by atoms with E-state index in [4.69, 9.17) is 15.2 Å². The van der Waals surface area contributed by atoms with Gasteiger partial charge in [0.05, 0.1) is 12.8 Å². The highest BCUT2D eigenvalue weighted by molar-refractivity contribution is 5.95. The average Bonchev–Trinajstić information content (AvgIpc) is 3.06. The molecular formula is C17H22N4O4. The van der Waals surface area contributed by atoms with Crippen molar-refractivity contribution in [2.45, 2.75) is 26.5 Å². The number of carbonyl (C=O) groups is 2. The van der Waals surface area contributed by atoms with Crippen molar-refractivity contribution < 1.29 is 19.1 Å². The first-order chi connectivity index (χ1) is 11.9. The van der Waals surface area contributed by atoms with Crippen molar-refractivity contribution in [3.63, 3.8) is 0 Å². The number of benzene rings is 1. The van der Waals surface area contributed by atoms with Crippen LogP contribution in [0.5, 0.6) is 11.5 Å². The van der Waals surface area contributed by atoms with Crippen LogP contribution < -0.4 is 20.5 Å². The molecule has 0 aliphatic heterocycles. The average molecular weight is 346 g/mol. The molecule has 0 spiro atoms. The van der Waals surface area contributed by atoms with Crippen LogP contribution in [0.4, 0.5) is 0 Å². The number of nitrogens with two attached hydrogens (primary N) is 1. The number of hydrogen-bond donors (Lipinski definition) is 3. The Labute approximate surface area is 145 Å². The lowest BCUT2D eigenvalue weighted by Gasteiger charge is -2.17. The van der Waals surface area contributed by atoms with Crippen molar-refractivity contribution in [3.05, 3.63) is 41.7 Å². The molecule has 25 heavy (non-hydrogen) atoms. The number of methoxy groups -OCH3 is 1. The van der Waals surface area contributed by atoms with Crippen LogP contribution in [-0.4, -0.2) is 35.2 Å². The largest absolute Gasteiger partial charge is 0.497 e. The first kappa shape index (κ1) is 18.3. The van der Waals surface area contributed by atoms with Gasteiger partial charge in [0.2, 0.25) is 5.91 Å². The third kappa shape index (κ3) is 4.97. The van der Waals surface area contributed by atoms with E-state index in [-0.39, 0.29) is 18.2 Å². The van der Waals surface area contributed by atoms with Gasteiger partial charge < -0.3 is 20.5 Å². The molecule has 134 valence electrons. The number of nitrogens with one attached hydrogen (secondary N) is 2. The fraction of sp³-hybridized carbons (Fsp3) is 0.353. The second-order valence-corrected chi connectivity index (χ2v) is 5.84. The van der Waals surface area contributed by atoms with Gasteiger partial charge >= 0.3 is 0 Å². The number of aromatic nitrogens is 2. The van der Waals surface area contributed by atoms with Gasteiger partial charge in [0, 0.05) is 6.07 Å². The van der Waals surface area contributed by atoms with E-state index in [1.54, 1.807) is 39.2 Å². The van der Waals surface area contributed by atoms with Crippen molar-refractivity contribution in [1.29, 1.82) is 0 Å². The Kier molecular flexibility index (Phi) is 5.99. The van der Waals surface area contributed by atoms with E-state index in [2.05, 4.69) is 15.5 Å². The van der Waals surface area contributed by atoms with Crippen molar-refractivity contribution in [2.75, 3.05) is 7.11 Å². The fourth-order valence-electron chi connectivity index (χ4n) is 2.19. The lowest BCUT2D eigenvalue weighted by Crippen LogP contribution is -2.47. The smallest absolute Gasteiger partial charge is 0.272 e. The van der Waals surface area contributed by atoms with E-state index < -0.39 is 17.9 Å². The molecule has 0 radical (unpaired) electrons. The summed E-state index contributed by atoms with van der Waals surface area (Å²) in [6.45, 7) is 3.80. The molecule has 0 saturated heterocycles. The summed E-state index contributed by atoms with van der Waals surface area (Å²) in [4.78, 5) is 23.6. The quantitative estimate of drug-likeness (QED) is 0.664. The molecule has 2 rings (SSSR count). The summed E-state index contributed by atoms with van der Waals surface area (Å²) in [5, 5.41) is 9.26. The molecule has 4 N–H and O–H groups in total. The van der Waals surface area contributed by atoms with Crippen LogP contribution in [0.15, 0.2) is 30.3 Å². The lowest BCUT2D eigenvalue weighted by molar-refractivity contribution is -0.120. The molecule has 0 unspecified atom stereocenters. The zero-order valence-electron chi connectivity index (χ0n) is 14.4. The topological polar surface area (TPSA) is 119 Å². The number of amides is 2. The van der Waals surface area contributed by atoms with Crippen LogP contribution in [0.1, 0.15) is 30.0 Å². The normalized spacial score (nSPS) is 11.8. The lowest BCUT2D eigenvalue weighted by atomic mass is 10.0. The molecule has 1 heterocycles.